The van der Waals surface area contributed by atoms with Crippen molar-refractivity contribution in [2.45, 2.75) is 18.9 Å². The van der Waals surface area contributed by atoms with Gasteiger partial charge >= 0.3 is 5.97 Å². The number of benzene rings is 1. The van der Waals surface area contributed by atoms with Crippen molar-refractivity contribution in [1.29, 1.82) is 0 Å². The molecule has 1 heterocycles. The molecule has 2 N–H and O–H groups in total. The van der Waals surface area contributed by atoms with E-state index in [1.807, 2.05) is 0 Å². The first kappa shape index (κ1) is 12.9. The van der Waals surface area contributed by atoms with Gasteiger partial charge in [-0.3, -0.25) is 4.79 Å². The van der Waals surface area contributed by atoms with Crippen LogP contribution in [0.2, 0.25) is 5.02 Å². The Bertz CT molecular complexity index is 483. The number of ether oxygens (including phenoxy) is 1. The van der Waals surface area contributed by atoms with Gasteiger partial charge in [0.05, 0.1) is 5.56 Å². The van der Waals surface area contributed by atoms with Crippen molar-refractivity contribution in [3.63, 3.8) is 0 Å². The van der Waals surface area contributed by atoms with Gasteiger partial charge < -0.3 is 15.2 Å². The van der Waals surface area contributed by atoms with Crippen LogP contribution in [0, 0.1) is 0 Å². The van der Waals surface area contributed by atoms with Crippen LogP contribution in [0.15, 0.2) is 18.2 Å². The summed E-state index contributed by atoms with van der Waals surface area (Å²) in [6, 6.07) is 4.19. The average molecular weight is 270 g/mol. The maximum atomic E-state index is 11.8. The fraction of sp³-hybridized carbons (Fsp3) is 0.333. The van der Waals surface area contributed by atoms with Crippen molar-refractivity contribution in [3.05, 3.63) is 28.8 Å². The largest absolute Gasteiger partial charge is 0.478 e. The van der Waals surface area contributed by atoms with E-state index in [0.29, 0.717) is 18.7 Å². The van der Waals surface area contributed by atoms with E-state index in [-0.39, 0.29) is 16.5 Å². The van der Waals surface area contributed by atoms with Crippen LogP contribution in [0.1, 0.15) is 23.2 Å². The summed E-state index contributed by atoms with van der Waals surface area (Å²) in [5.41, 5.74) is 0.394. The van der Waals surface area contributed by atoms with Gasteiger partial charge in [0.1, 0.15) is 6.10 Å². The predicted molar refractivity (Wildman–Crippen MR) is 66.0 cm³/mol. The molecule has 0 spiro atoms. The fourth-order valence-electron chi connectivity index (χ4n) is 1.79. The van der Waals surface area contributed by atoms with Crippen molar-refractivity contribution < 1.29 is 19.4 Å². The number of rotatable bonds is 3. The Kier molecular flexibility index (Phi) is 3.84. The smallest absolute Gasteiger partial charge is 0.335 e. The van der Waals surface area contributed by atoms with Crippen LogP contribution in [0.3, 0.4) is 0 Å². The highest BCUT2D eigenvalue weighted by Gasteiger charge is 2.23. The minimum atomic E-state index is -1.09. The lowest BCUT2D eigenvalue weighted by Crippen LogP contribution is -2.26. The summed E-state index contributed by atoms with van der Waals surface area (Å²) in [5, 5.41) is 11.8. The van der Waals surface area contributed by atoms with E-state index in [2.05, 4.69) is 5.32 Å². The highest BCUT2D eigenvalue weighted by molar-refractivity contribution is 6.31. The van der Waals surface area contributed by atoms with Crippen molar-refractivity contribution in [2.75, 3.05) is 11.9 Å². The van der Waals surface area contributed by atoms with Crippen molar-refractivity contribution in [2.24, 2.45) is 0 Å². The molecule has 1 amide bonds. The molecule has 1 aromatic carbocycles. The first-order valence-electron chi connectivity index (χ1n) is 5.52. The highest BCUT2D eigenvalue weighted by atomic mass is 35.5. The summed E-state index contributed by atoms with van der Waals surface area (Å²) in [7, 11) is 0. The van der Waals surface area contributed by atoms with Gasteiger partial charge in [-0.1, -0.05) is 11.6 Å². The molecule has 1 aromatic rings. The Morgan fingerprint density at radius 3 is 2.78 bits per heavy atom. The van der Waals surface area contributed by atoms with E-state index >= 15 is 0 Å². The highest BCUT2D eigenvalue weighted by Crippen LogP contribution is 2.21. The second-order valence-corrected chi connectivity index (χ2v) is 4.46. The van der Waals surface area contributed by atoms with Gasteiger partial charge in [-0.15, -0.1) is 0 Å². The van der Waals surface area contributed by atoms with Gasteiger partial charge in [-0.2, -0.15) is 0 Å². The van der Waals surface area contributed by atoms with Crippen LogP contribution in [0.25, 0.3) is 0 Å². The lowest BCUT2D eigenvalue weighted by atomic mass is 10.2. The lowest BCUT2D eigenvalue weighted by molar-refractivity contribution is -0.124. The molecule has 1 saturated heterocycles. The number of anilines is 1. The molecule has 0 radical (unpaired) electrons. The summed E-state index contributed by atoms with van der Waals surface area (Å²) < 4.78 is 5.23. The van der Waals surface area contributed by atoms with Gasteiger partial charge in [0.25, 0.3) is 5.91 Å². The molecule has 18 heavy (non-hydrogen) atoms. The zero-order chi connectivity index (χ0) is 13.1. The minimum absolute atomic E-state index is 0.0325. The van der Waals surface area contributed by atoms with Crippen LogP contribution in [0.4, 0.5) is 5.69 Å². The molecule has 2 rings (SSSR count). The van der Waals surface area contributed by atoms with Crippen molar-refractivity contribution in [1.82, 2.24) is 0 Å². The first-order chi connectivity index (χ1) is 8.56. The molecular formula is C12H12ClNO4. The molecule has 1 atom stereocenters. The quantitative estimate of drug-likeness (QED) is 0.882. The monoisotopic (exact) mass is 269 g/mol. The van der Waals surface area contributed by atoms with Gasteiger partial charge in [0, 0.05) is 17.3 Å². The Balaban J connectivity index is 2.13. The molecule has 5 nitrogen and oxygen atoms in total. The number of carbonyl (C=O) groups is 2. The third-order valence-electron chi connectivity index (χ3n) is 2.63. The first-order valence-corrected chi connectivity index (χ1v) is 5.90. The topological polar surface area (TPSA) is 75.6 Å². The normalized spacial score (nSPS) is 18.6. The summed E-state index contributed by atoms with van der Waals surface area (Å²) in [5.74, 6) is -1.36. The summed E-state index contributed by atoms with van der Waals surface area (Å²) in [6.45, 7) is 0.577. The average Bonchev–Trinajstić information content (AvgIpc) is 2.81. The zero-order valence-electron chi connectivity index (χ0n) is 9.48. The Morgan fingerprint density at radius 2 is 2.17 bits per heavy atom. The van der Waals surface area contributed by atoms with E-state index in [0.717, 1.165) is 6.42 Å². The van der Waals surface area contributed by atoms with E-state index in [1.54, 1.807) is 0 Å². The second kappa shape index (κ2) is 5.37. The Morgan fingerprint density at radius 1 is 1.39 bits per heavy atom. The van der Waals surface area contributed by atoms with E-state index in [4.69, 9.17) is 21.4 Å². The van der Waals surface area contributed by atoms with Crippen LogP contribution in [-0.2, 0) is 9.53 Å². The SMILES string of the molecule is O=C(O)c1cc(Cl)cc(NC(=O)[C@@H]2CCCO2)c1. The number of carboxylic acid groups (broad SMARTS) is 1. The predicted octanol–water partition coefficient (Wildman–Crippen LogP) is 2.16. The molecule has 0 unspecified atom stereocenters. The second-order valence-electron chi connectivity index (χ2n) is 4.02. The third kappa shape index (κ3) is 3.00. The number of hydrogen-bond acceptors (Lipinski definition) is 3. The van der Waals surface area contributed by atoms with Crippen LogP contribution in [-0.4, -0.2) is 29.7 Å². The number of nitrogens with one attached hydrogen (secondary N) is 1. The molecule has 0 saturated carbocycles. The summed E-state index contributed by atoms with van der Waals surface area (Å²) in [6.07, 6.45) is 1.07. The third-order valence-corrected chi connectivity index (χ3v) is 2.85. The standard InChI is InChI=1S/C12H12ClNO4/c13-8-4-7(12(16)17)5-9(6-8)14-11(15)10-2-1-3-18-10/h4-6,10H,1-3H2,(H,14,15)(H,16,17)/t10-/m0/s1. The number of carbonyl (C=O) groups excluding carboxylic acids is 1. The Hall–Kier alpha value is -1.59. The van der Waals surface area contributed by atoms with Gasteiger partial charge in [-0.05, 0) is 31.0 Å². The van der Waals surface area contributed by atoms with E-state index in [1.165, 1.54) is 18.2 Å². The fourth-order valence-corrected chi connectivity index (χ4v) is 2.03. The zero-order valence-corrected chi connectivity index (χ0v) is 10.2. The Labute approximate surface area is 109 Å². The number of halogens is 1. The minimum Gasteiger partial charge on any atom is -0.478 e. The van der Waals surface area contributed by atoms with Crippen LogP contribution < -0.4 is 5.32 Å². The maximum Gasteiger partial charge on any atom is 0.335 e. The van der Waals surface area contributed by atoms with Gasteiger partial charge in [0.2, 0.25) is 0 Å². The molecular weight excluding hydrogens is 258 g/mol. The lowest BCUT2D eigenvalue weighted by Gasteiger charge is -2.11. The molecule has 1 aliphatic heterocycles. The van der Waals surface area contributed by atoms with Crippen molar-refractivity contribution >= 4 is 29.2 Å². The van der Waals surface area contributed by atoms with Crippen LogP contribution in [0.5, 0.6) is 0 Å². The van der Waals surface area contributed by atoms with E-state index < -0.39 is 12.1 Å². The van der Waals surface area contributed by atoms with Crippen LogP contribution >= 0.6 is 11.6 Å². The molecule has 6 heteroatoms. The molecule has 1 aliphatic rings. The summed E-state index contributed by atoms with van der Waals surface area (Å²) in [4.78, 5) is 22.6. The van der Waals surface area contributed by atoms with E-state index in [9.17, 15) is 9.59 Å². The van der Waals surface area contributed by atoms with Crippen molar-refractivity contribution in [3.8, 4) is 0 Å². The molecule has 1 fully saturated rings. The molecule has 0 aliphatic carbocycles. The van der Waals surface area contributed by atoms with Gasteiger partial charge in [0.15, 0.2) is 0 Å². The number of aromatic carboxylic acids is 1. The molecule has 0 aromatic heterocycles. The number of hydrogen-bond donors (Lipinski definition) is 2. The summed E-state index contributed by atoms with van der Waals surface area (Å²) >= 11 is 5.79. The van der Waals surface area contributed by atoms with Gasteiger partial charge in [-0.25, -0.2) is 4.79 Å². The number of carboxylic acids is 1. The molecule has 0 bridgehead atoms. The molecule has 96 valence electrons. The maximum absolute atomic E-state index is 11.8. The number of amides is 1.